The van der Waals surface area contributed by atoms with E-state index in [0.29, 0.717) is 23.6 Å². The second-order valence-electron chi connectivity index (χ2n) is 5.13. The molecule has 22 heavy (non-hydrogen) atoms. The van der Waals surface area contributed by atoms with Gasteiger partial charge in [-0.05, 0) is 31.2 Å². The van der Waals surface area contributed by atoms with Crippen molar-refractivity contribution >= 4 is 5.91 Å². The van der Waals surface area contributed by atoms with Crippen LogP contribution >= 0.6 is 0 Å². The van der Waals surface area contributed by atoms with Crippen molar-refractivity contribution in [3.8, 4) is 17.6 Å². The first-order valence-electron chi connectivity index (χ1n) is 7.09. The first-order valence-corrected chi connectivity index (χ1v) is 7.09. The Morgan fingerprint density at radius 2 is 1.82 bits per heavy atom. The molecular formula is C18H18N2O2. The van der Waals surface area contributed by atoms with Gasteiger partial charge in [-0.25, -0.2) is 0 Å². The molecule has 0 saturated heterocycles. The van der Waals surface area contributed by atoms with E-state index in [1.54, 1.807) is 37.1 Å². The van der Waals surface area contributed by atoms with Crippen molar-refractivity contribution in [2.24, 2.45) is 5.92 Å². The van der Waals surface area contributed by atoms with Crippen molar-refractivity contribution in [3.05, 3.63) is 60.2 Å². The van der Waals surface area contributed by atoms with Crippen LogP contribution in [0.5, 0.6) is 11.5 Å². The van der Waals surface area contributed by atoms with Crippen LogP contribution in [-0.4, -0.2) is 24.4 Å². The maximum absolute atomic E-state index is 12.5. The Morgan fingerprint density at radius 3 is 2.50 bits per heavy atom. The molecule has 2 aromatic carbocycles. The van der Waals surface area contributed by atoms with E-state index in [4.69, 9.17) is 10.00 Å². The van der Waals surface area contributed by atoms with E-state index in [9.17, 15) is 4.79 Å². The van der Waals surface area contributed by atoms with Crippen LogP contribution in [0.1, 0.15) is 17.3 Å². The van der Waals surface area contributed by atoms with Gasteiger partial charge in [-0.15, -0.1) is 0 Å². The van der Waals surface area contributed by atoms with Gasteiger partial charge in [0.25, 0.3) is 5.91 Å². The number of benzene rings is 2. The standard InChI is InChI=1S/C18H18N2O2/c1-14(12-19)13-20(2)18(21)16-10-6-7-11-17(16)22-15-8-4-3-5-9-15/h3-11,14H,13H2,1-2H3/t14-/m1/s1. The summed E-state index contributed by atoms with van der Waals surface area (Å²) >= 11 is 0. The molecule has 0 N–H and O–H groups in total. The van der Waals surface area contributed by atoms with Crippen molar-refractivity contribution in [2.75, 3.05) is 13.6 Å². The minimum absolute atomic E-state index is 0.159. The molecule has 2 aromatic rings. The monoisotopic (exact) mass is 294 g/mol. The third-order valence-electron chi connectivity index (χ3n) is 3.20. The molecule has 0 saturated carbocycles. The number of rotatable bonds is 5. The molecule has 0 bridgehead atoms. The lowest BCUT2D eigenvalue weighted by Gasteiger charge is -2.20. The molecule has 0 aromatic heterocycles. The summed E-state index contributed by atoms with van der Waals surface area (Å²) in [5.41, 5.74) is 0.485. The number of carbonyl (C=O) groups is 1. The number of nitriles is 1. The highest BCUT2D eigenvalue weighted by Gasteiger charge is 2.18. The Hall–Kier alpha value is -2.80. The van der Waals surface area contributed by atoms with E-state index in [0.717, 1.165) is 0 Å². The molecule has 0 fully saturated rings. The molecule has 0 aliphatic rings. The van der Waals surface area contributed by atoms with Crippen LogP contribution in [0.25, 0.3) is 0 Å². The van der Waals surface area contributed by atoms with Gasteiger partial charge in [0.1, 0.15) is 11.5 Å². The van der Waals surface area contributed by atoms with Crippen LogP contribution in [0.15, 0.2) is 54.6 Å². The fourth-order valence-electron chi connectivity index (χ4n) is 2.09. The zero-order valence-electron chi connectivity index (χ0n) is 12.7. The molecule has 0 spiro atoms. The van der Waals surface area contributed by atoms with Crippen molar-refractivity contribution < 1.29 is 9.53 Å². The maximum Gasteiger partial charge on any atom is 0.257 e. The quantitative estimate of drug-likeness (QED) is 0.844. The normalized spacial score (nSPS) is 11.3. The van der Waals surface area contributed by atoms with Gasteiger partial charge in [0.15, 0.2) is 0 Å². The van der Waals surface area contributed by atoms with Crippen molar-refractivity contribution in [2.45, 2.75) is 6.92 Å². The number of amides is 1. The van der Waals surface area contributed by atoms with Crippen LogP contribution in [0.2, 0.25) is 0 Å². The van der Waals surface area contributed by atoms with E-state index >= 15 is 0 Å². The topological polar surface area (TPSA) is 53.3 Å². The molecule has 0 radical (unpaired) electrons. The van der Waals surface area contributed by atoms with E-state index in [1.165, 1.54) is 0 Å². The molecule has 0 heterocycles. The molecule has 1 amide bonds. The maximum atomic E-state index is 12.5. The SMILES string of the molecule is C[C@H](C#N)CN(C)C(=O)c1ccccc1Oc1ccccc1. The highest BCUT2D eigenvalue weighted by Crippen LogP contribution is 2.26. The van der Waals surface area contributed by atoms with E-state index in [-0.39, 0.29) is 11.8 Å². The van der Waals surface area contributed by atoms with Crippen LogP contribution in [0.3, 0.4) is 0 Å². The largest absolute Gasteiger partial charge is 0.457 e. The highest BCUT2D eigenvalue weighted by atomic mass is 16.5. The van der Waals surface area contributed by atoms with Gasteiger partial charge in [0.05, 0.1) is 17.6 Å². The number of hydrogen-bond acceptors (Lipinski definition) is 3. The zero-order chi connectivity index (χ0) is 15.9. The fourth-order valence-corrected chi connectivity index (χ4v) is 2.09. The van der Waals surface area contributed by atoms with Gasteiger partial charge in [-0.2, -0.15) is 5.26 Å². The van der Waals surface area contributed by atoms with Crippen LogP contribution in [0.4, 0.5) is 0 Å². The highest BCUT2D eigenvalue weighted by molar-refractivity contribution is 5.96. The van der Waals surface area contributed by atoms with Gasteiger partial charge in [0.2, 0.25) is 0 Å². The first kappa shape index (κ1) is 15.6. The third kappa shape index (κ3) is 3.86. The zero-order valence-corrected chi connectivity index (χ0v) is 12.7. The Labute approximate surface area is 130 Å². The predicted octanol–water partition coefficient (Wildman–Crippen LogP) is 3.71. The minimum Gasteiger partial charge on any atom is -0.457 e. The Kier molecular flexibility index (Phi) is 5.16. The van der Waals surface area contributed by atoms with Gasteiger partial charge >= 0.3 is 0 Å². The molecule has 0 aliphatic heterocycles. The van der Waals surface area contributed by atoms with E-state index in [2.05, 4.69) is 6.07 Å². The molecular weight excluding hydrogens is 276 g/mol. The Balaban J connectivity index is 2.21. The van der Waals surface area contributed by atoms with Crippen LogP contribution in [-0.2, 0) is 0 Å². The summed E-state index contributed by atoms with van der Waals surface area (Å²) in [7, 11) is 1.69. The summed E-state index contributed by atoms with van der Waals surface area (Å²) in [5.74, 6) is 0.816. The number of hydrogen-bond donors (Lipinski definition) is 0. The molecule has 4 heteroatoms. The van der Waals surface area contributed by atoms with E-state index in [1.807, 2.05) is 36.4 Å². The average molecular weight is 294 g/mol. The summed E-state index contributed by atoms with van der Waals surface area (Å²) in [6.45, 7) is 2.17. The lowest BCUT2D eigenvalue weighted by molar-refractivity contribution is 0.0782. The summed E-state index contributed by atoms with van der Waals surface area (Å²) in [6.07, 6.45) is 0. The number of para-hydroxylation sites is 2. The first-order chi connectivity index (χ1) is 10.6. The third-order valence-corrected chi connectivity index (χ3v) is 3.20. The van der Waals surface area contributed by atoms with Crippen LogP contribution in [0, 0.1) is 17.2 Å². The number of ether oxygens (including phenoxy) is 1. The summed E-state index contributed by atoms with van der Waals surface area (Å²) < 4.78 is 5.80. The molecule has 0 aliphatic carbocycles. The predicted molar refractivity (Wildman–Crippen MR) is 84.7 cm³/mol. The van der Waals surface area contributed by atoms with Gasteiger partial charge in [-0.1, -0.05) is 30.3 Å². The van der Waals surface area contributed by atoms with Crippen molar-refractivity contribution in [3.63, 3.8) is 0 Å². The summed E-state index contributed by atoms with van der Waals surface area (Å²) in [6, 6.07) is 18.6. The van der Waals surface area contributed by atoms with Gasteiger partial charge in [-0.3, -0.25) is 4.79 Å². The second-order valence-corrected chi connectivity index (χ2v) is 5.13. The molecule has 0 unspecified atom stereocenters. The van der Waals surface area contributed by atoms with Gasteiger partial charge < -0.3 is 9.64 Å². The summed E-state index contributed by atoms with van der Waals surface area (Å²) in [5, 5.41) is 8.87. The lowest BCUT2D eigenvalue weighted by Crippen LogP contribution is -2.30. The molecule has 112 valence electrons. The van der Waals surface area contributed by atoms with Crippen molar-refractivity contribution in [1.82, 2.24) is 4.90 Å². The Morgan fingerprint density at radius 1 is 1.18 bits per heavy atom. The summed E-state index contributed by atoms with van der Waals surface area (Å²) in [4.78, 5) is 14.1. The molecule has 2 rings (SSSR count). The van der Waals surface area contributed by atoms with Gasteiger partial charge in [0, 0.05) is 13.6 Å². The number of carbonyl (C=O) groups excluding carboxylic acids is 1. The molecule has 1 atom stereocenters. The molecule has 4 nitrogen and oxygen atoms in total. The Bertz CT molecular complexity index is 677. The van der Waals surface area contributed by atoms with Crippen molar-refractivity contribution in [1.29, 1.82) is 5.26 Å². The van der Waals surface area contributed by atoms with E-state index < -0.39 is 0 Å². The average Bonchev–Trinajstić information content (AvgIpc) is 2.55. The van der Waals surface area contributed by atoms with Crippen LogP contribution < -0.4 is 4.74 Å². The minimum atomic E-state index is -0.212. The smallest absolute Gasteiger partial charge is 0.257 e. The number of nitrogens with zero attached hydrogens (tertiary/aromatic N) is 2. The fraction of sp³-hybridized carbons (Fsp3) is 0.222. The second kappa shape index (κ2) is 7.28. The lowest BCUT2D eigenvalue weighted by atomic mass is 10.1.